The van der Waals surface area contributed by atoms with Crippen LogP contribution in [0, 0.1) is 13.8 Å². The van der Waals surface area contributed by atoms with Gasteiger partial charge in [-0.15, -0.1) is 0 Å². The average Bonchev–Trinajstić information content (AvgIpc) is 2.61. The third-order valence-electron chi connectivity index (χ3n) is 3.87. The zero-order valence-corrected chi connectivity index (χ0v) is 14.9. The van der Waals surface area contributed by atoms with Gasteiger partial charge in [0.1, 0.15) is 0 Å². The number of nitrogens with one attached hydrogen (secondary N) is 1. The summed E-state index contributed by atoms with van der Waals surface area (Å²) in [6, 6.07) is 12.7. The van der Waals surface area contributed by atoms with Gasteiger partial charge in [0, 0.05) is 30.7 Å². The number of rotatable bonds is 5. The molecule has 0 amide bonds. The fourth-order valence-electron chi connectivity index (χ4n) is 2.61. The number of benzene rings is 1. The second kappa shape index (κ2) is 7.13. The van der Waals surface area contributed by atoms with E-state index in [-0.39, 0.29) is 6.54 Å². The first kappa shape index (κ1) is 17.3. The molecule has 6 heteroatoms. The lowest BCUT2D eigenvalue weighted by molar-refractivity contribution is 0.580. The van der Waals surface area contributed by atoms with E-state index in [4.69, 9.17) is 0 Å². The molecule has 3 rings (SSSR count). The zero-order chi connectivity index (χ0) is 17.9. The van der Waals surface area contributed by atoms with Crippen molar-refractivity contribution in [1.82, 2.24) is 14.7 Å². The SMILES string of the molecule is Cc1ccc(S(=O)(=O)NCc2ccnc(-c3cccnc3)c2)c(C)c1. The Bertz CT molecular complexity index is 987. The van der Waals surface area contributed by atoms with E-state index in [1.807, 2.05) is 31.2 Å². The quantitative estimate of drug-likeness (QED) is 0.764. The van der Waals surface area contributed by atoms with E-state index in [1.165, 1.54) is 0 Å². The van der Waals surface area contributed by atoms with Crippen molar-refractivity contribution in [2.45, 2.75) is 25.3 Å². The molecule has 0 saturated carbocycles. The average molecular weight is 353 g/mol. The molecule has 0 aliphatic heterocycles. The summed E-state index contributed by atoms with van der Waals surface area (Å²) < 4.78 is 27.8. The lowest BCUT2D eigenvalue weighted by Crippen LogP contribution is -2.24. The summed E-state index contributed by atoms with van der Waals surface area (Å²) in [6.07, 6.45) is 5.10. The maximum absolute atomic E-state index is 12.6. The number of sulfonamides is 1. The molecular weight excluding hydrogens is 334 g/mol. The summed E-state index contributed by atoms with van der Waals surface area (Å²) in [7, 11) is -3.57. The van der Waals surface area contributed by atoms with E-state index in [0.29, 0.717) is 4.90 Å². The summed E-state index contributed by atoms with van der Waals surface area (Å²) in [5.41, 5.74) is 4.25. The normalized spacial score (nSPS) is 11.4. The number of pyridine rings is 2. The number of aryl methyl sites for hydroxylation is 2. The van der Waals surface area contributed by atoms with Gasteiger partial charge in [0.15, 0.2) is 0 Å². The maximum atomic E-state index is 12.6. The number of hydrogen-bond acceptors (Lipinski definition) is 4. The predicted octanol–water partition coefficient (Wildman–Crippen LogP) is 3.24. The van der Waals surface area contributed by atoms with E-state index in [0.717, 1.165) is 27.9 Å². The minimum absolute atomic E-state index is 0.200. The molecule has 0 unspecified atom stereocenters. The van der Waals surface area contributed by atoms with Crippen molar-refractivity contribution in [1.29, 1.82) is 0 Å². The van der Waals surface area contributed by atoms with Crippen molar-refractivity contribution in [2.24, 2.45) is 0 Å². The van der Waals surface area contributed by atoms with E-state index in [2.05, 4.69) is 14.7 Å². The largest absolute Gasteiger partial charge is 0.264 e. The molecule has 0 bridgehead atoms. The first-order valence-electron chi connectivity index (χ1n) is 7.88. The highest BCUT2D eigenvalue weighted by molar-refractivity contribution is 7.89. The Morgan fingerprint density at radius 1 is 1.04 bits per heavy atom. The Balaban J connectivity index is 1.79. The lowest BCUT2D eigenvalue weighted by atomic mass is 10.1. The van der Waals surface area contributed by atoms with Gasteiger partial charge in [0.2, 0.25) is 10.0 Å². The molecule has 0 saturated heterocycles. The zero-order valence-electron chi connectivity index (χ0n) is 14.1. The van der Waals surface area contributed by atoms with Crippen LogP contribution in [0.25, 0.3) is 11.3 Å². The number of hydrogen-bond donors (Lipinski definition) is 1. The monoisotopic (exact) mass is 353 g/mol. The Morgan fingerprint density at radius 3 is 2.60 bits per heavy atom. The summed E-state index contributed by atoms with van der Waals surface area (Å²) in [5.74, 6) is 0. The Labute approximate surface area is 147 Å². The van der Waals surface area contributed by atoms with Gasteiger partial charge in [-0.3, -0.25) is 9.97 Å². The van der Waals surface area contributed by atoms with E-state index in [9.17, 15) is 8.42 Å². The predicted molar refractivity (Wildman–Crippen MR) is 97.4 cm³/mol. The van der Waals surface area contributed by atoms with Crippen molar-refractivity contribution >= 4 is 10.0 Å². The summed E-state index contributed by atoms with van der Waals surface area (Å²) in [5, 5.41) is 0. The molecule has 0 atom stereocenters. The minimum Gasteiger partial charge on any atom is -0.264 e. The highest BCUT2D eigenvalue weighted by Crippen LogP contribution is 2.18. The molecule has 5 nitrogen and oxygen atoms in total. The number of nitrogens with zero attached hydrogens (tertiary/aromatic N) is 2. The molecule has 25 heavy (non-hydrogen) atoms. The van der Waals surface area contributed by atoms with Crippen molar-refractivity contribution < 1.29 is 8.42 Å². The van der Waals surface area contributed by atoms with Gasteiger partial charge < -0.3 is 0 Å². The van der Waals surface area contributed by atoms with Crippen LogP contribution in [-0.4, -0.2) is 18.4 Å². The highest BCUT2D eigenvalue weighted by atomic mass is 32.2. The van der Waals surface area contributed by atoms with Crippen molar-refractivity contribution in [3.05, 3.63) is 77.7 Å². The van der Waals surface area contributed by atoms with Crippen molar-refractivity contribution in [3.8, 4) is 11.3 Å². The molecule has 1 N–H and O–H groups in total. The fourth-order valence-corrected chi connectivity index (χ4v) is 3.86. The van der Waals surface area contributed by atoms with Crippen LogP contribution in [-0.2, 0) is 16.6 Å². The highest BCUT2D eigenvalue weighted by Gasteiger charge is 2.16. The molecule has 0 aliphatic rings. The van der Waals surface area contributed by atoms with Crippen LogP contribution in [0.4, 0.5) is 0 Å². The van der Waals surface area contributed by atoms with Crippen LogP contribution in [0.1, 0.15) is 16.7 Å². The second-order valence-corrected chi connectivity index (χ2v) is 7.62. The van der Waals surface area contributed by atoms with Gasteiger partial charge in [0.05, 0.1) is 10.6 Å². The van der Waals surface area contributed by atoms with Gasteiger partial charge >= 0.3 is 0 Å². The van der Waals surface area contributed by atoms with Crippen molar-refractivity contribution in [3.63, 3.8) is 0 Å². The van der Waals surface area contributed by atoms with Crippen LogP contribution < -0.4 is 4.72 Å². The van der Waals surface area contributed by atoms with Gasteiger partial charge in [-0.1, -0.05) is 17.7 Å². The van der Waals surface area contributed by atoms with Crippen LogP contribution in [0.15, 0.2) is 66.0 Å². The molecule has 0 radical (unpaired) electrons. The Kier molecular flexibility index (Phi) is 4.92. The standard InChI is InChI=1S/C19H19N3O2S/c1-14-5-6-19(15(2)10-14)25(23,24)22-12-16-7-9-21-18(11-16)17-4-3-8-20-13-17/h3-11,13,22H,12H2,1-2H3. The Morgan fingerprint density at radius 2 is 1.88 bits per heavy atom. The van der Waals surface area contributed by atoms with Gasteiger partial charge in [-0.25, -0.2) is 13.1 Å². The van der Waals surface area contributed by atoms with E-state index >= 15 is 0 Å². The molecular formula is C19H19N3O2S. The molecule has 2 aromatic heterocycles. The van der Waals surface area contributed by atoms with Gasteiger partial charge in [-0.05, 0) is 55.3 Å². The third-order valence-corrected chi connectivity index (χ3v) is 5.43. The first-order chi connectivity index (χ1) is 12.0. The van der Waals surface area contributed by atoms with E-state index < -0.39 is 10.0 Å². The molecule has 2 heterocycles. The molecule has 128 valence electrons. The van der Waals surface area contributed by atoms with Crippen LogP contribution >= 0.6 is 0 Å². The second-order valence-electron chi connectivity index (χ2n) is 5.88. The molecule has 0 aliphatic carbocycles. The van der Waals surface area contributed by atoms with Gasteiger partial charge in [0.25, 0.3) is 0 Å². The molecule has 3 aromatic rings. The van der Waals surface area contributed by atoms with Crippen LogP contribution in [0.5, 0.6) is 0 Å². The molecule has 0 spiro atoms. The Hall–Kier alpha value is -2.57. The summed E-state index contributed by atoms with van der Waals surface area (Å²) >= 11 is 0. The summed E-state index contributed by atoms with van der Waals surface area (Å²) in [4.78, 5) is 8.70. The summed E-state index contributed by atoms with van der Waals surface area (Å²) in [6.45, 7) is 3.94. The van der Waals surface area contributed by atoms with E-state index in [1.54, 1.807) is 43.7 Å². The first-order valence-corrected chi connectivity index (χ1v) is 9.36. The van der Waals surface area contributed by atoms with Crippen molar-refractivity contribution in [2.75, 3.05) is 0 Å². The smallest absolute Gasteiger partial charge is 0.241 e. The fraction of sp³-hybridized carbons (Fsp3) is 0.158. The topological polar surface area (TPSA) is 72.0 Å². The lowest BCUT2D eigenvalue weighted by Gasteiger charge is -2.10. The maximum Gasteiger partial charge on any atom is 0.241 e. The molecule has 0 fully saturated rings. The van der Waals surface area contributed by atoms with Crippen LogP contribution in [0.2, 0.25) is 0 Å². The third kappa shape index (κ3) is 4.10. The van der Waals surface area contributed by atoms with Crippen LogP contribution in [0.3, 0.4) is 0 Å². The molecule has 1 aromatic carbocycles. The number of aromatic nitrogens is 2. The van der Waals surface area contributed by atoms with Gasteiger partial charge in [-0.2, -0.15) is 0 Å². The minimum atomic E-state index is -3.57.